The van der Waals surface area contributed by atoms with Gasteiger partial charge < -0.3 is 4.10 Å². The Kier molecular flexibility index (Phi) is 1.61. The quantitative estimate of drug-likeness (QED) is 0.404. The third-order valence-corrected chi connectivity index (χ3v) is 0.524. The van der Waals surface area contributed by atoms with Gasteiger partial charge in [-0.05, 0) is 0 Å². The molecule has 0 aromatic carbocycles. The van der Waals surface area contributed by atoms with Crippen molar-refractivity contribution in [2.24, 2.45) is 0 Å². The van der Waals surface area contributed by atoms with Crippen LogP contribution in [0.3, 0.4) is 0 Å². The lowest BCUT2D eigenvalue weighted by Gasteiger charge is -1.85. The van der Waals surface area contributed by atoms with Gasteiger partial charge in [-0.1, -0.05) is 0 Å². The molecule has 0 amide bonds. The Labute approximate surface area is 37.9 Å². The van der Waals surface area contributed by atoms with Gasteiger partial charge in [0.05, 0.1) is 6.26 Å². The summed E-state index contributed by atoms with van der Waals surface area (Å²) in [7, 11) is 0.833. The second kappa shape index (κ2) is 1.62. The fourth-order valence-corrected chi connectivity index (χ4v) is 0. The van der Waals surface area contributed by atoms with Gasteiger partial charge in [0.25, 0.3) is 0 Å². The molecule has 0 saturated heterocycles. The van der Waals surface area contributed by atoms with Crippen LogP contribution in [0.25, 0.3) is 0 Å². The topological polar surface area (TPSA) is 43.4 Å². The minimum atomic E-state index is -3.38. The molecule has 0 atom stereocenters. The summed E-state index contributed by atoms with van der Waals surface area (Å²) in [6.07, 6.45) is 0.868. The van der Waals surface area contributed by atoms with Gasteiger partial charge >= 0.3 is 8.05 Å². The lowest BCUT2D eigenvalue weighted by atomic mass is 10.6. The SMILES string of the molecule is [B]OS(C)(=O)=O. The van der Waals surface area contributed by atoms with Crippen molar-refractivity contribution in [3.8, 4) is 0 Å². The Hall–Kier alpha value is -0.0251. The van der Waals surface area contributed by atoms with E-state index < -0.39 is 10.1 Å². The number of rotatable bonds is 1. The van der Waals surface area contributed by atoms with Crippen LogP contribution in [0.5, 0.6) is 0 Å². The molecule has 0 fully saturated rings. The van der Waals surface area contributed by atoms with Crippen molar-refractivity contribution in [2.75, 3.05) is 6.26 Å². The highest BCUT2D eigenvalue weighted by Crippen LogP contribution is 1.74. The zero-order valence-electron chi connectivity index (χ0n) is 3.21. The van der Waals surface area contributed by atoms with Crippen LogP contribution in [-0.2, 0) is 14.2 Å². The van der Waals surface area contributed by atoms with Crippen molar-refractivity contribution in [1.29, 1.82) is 0 Å². The summed E-state index contributed by atoms with van der Waals surface area (Å²) in [5, 5.41) is 0. The van der Waals surface area contributed by atoms with Crippen LogP contribution in [0.15, 0.2) is 0 Å². The van der Waals surface area contributed by atoms with Gasteiger partial charge in [0.15, 0.2) is 0 Å². The molecule has 0 aromatic rings. The van der Waals surface area contributed by atoms with E-state index in [1.807, 2.05) is 0 Å². The molecule has 0 spiro atoms. The Morgan fingerprint density at radius 1 is 1.67 bits per heavy atom. The van der Waals surface area contributed by atoms with E-state index in [2.05, 4.69) is 12.1 Å². The molecule has 0 N–H and O–H groups in total. The maximum Gasteiger partial charge on any atom is 0.311 e. The van der Waals surface area contributed by atoms with Gasteiger partial charge in [0.2, 0.25) is 10.1 Å². The molecule has 34 valence electrons. The van der Waals surface area contributed by atoms with Crippen LogP contribution >= 0.6 is 0 Å². The molecule has 5 heteroatoms. The molecular weight excluding hydrogens is 103 g/mol. The molecular formula is CH3BO3S. The first-order valence-corrected chi connectivity index (χ1v) is 2.96. The first-order chi connectivity index (χ1) is 2.56. The predicted molar refractivity (Wildman–Crippen MR) is 21.7 cm³/mol. The minimum Gasteiger partial charge on any atom is -0.347 e. The zero-order valence-corrected chi connectivity index (χ0v) is 4.03. The summed E-state index contributed by atoms with van der Waals surface area (Å²) in [6.45, 7) is 0. The predicted octanol–water partition coefficient (Wildman–Crippen LogP) is -0.954. The van der Waals surface area contributed by atoms with E-state index in [0.29, 0.717) is 0 Å². The molecule has 0 rings (SSSR count). The highest BCUT2D eigenvalue weighted by molar-refractivity contribution is 7.86. The molecule has 2 radical (unpaired) electrons. The second-order valence-corrected chi connectivity index (χ2v) is 2.40. The maximum absolute atomic E-state index is 9.65. The van der Waals surface area contributed by atoms with Crippen molar-refractivity contribution in [2.45, 2.75) is 0 Å². The molecule has 0 saturated carbocycles. The Balaban J connectivity index is 3.85. The van der Waals surface area contributed by atoms with Gasteiger partial charge in [-0.25, -0.2) is 8.42 Å². The van der Waals surface area contributed by atoms with E-state index in [9.17, 15) is 8.42 Å². The van der Waals surface area contributed by atoms with Crippen LogP contribution in [0.1, 0.15) is 0 Å². The molecule has 0 aliphatic carbocycles. The van der Waals surface area contributed by atoms with Crippen molar-refractivity contribution in [3.63, 3.8) is 0 Å². The standard InChI is InChI=1S/CH3BO3S/c1-6(3,4)5-2/h1H3. The minimum absolute atomic E-state index is 0.868. The summed E-state index contributed by atoms with van der Waals surface area (Å²) in [5.41, 5.74) is 0. The van der Waals surface area contributed by atoms with E-state index in [1.165, 1.54) is 0 Å². The van der Waals surface area contributed by atoms with Crippen molar-refractivity contribution < 1.29 is 12.5 Å². The Morgan fingerprint density at radius 2 is 1.83 bits per heavy atom. The Bertz CT molecular complexity index is 113. The van der Waals surface area contributed by atoms with Gasteiger partial charge in [0.1, 0.15) is 0 Å². The summed E-state index contributed by atoms with van der Waals surface area (Å²) in [5.74, 6) is 0. The second-order valence-electron chi connectivity index (χ2n) is 0.800. The number of hydrogen-bond acceptors (Lipinski definition) is 3. The molecule has 6 heavy (non-hydrogen) atoms. The molecule has 0 bridgehead atoms. The number of hydrogen-bond donors (Lipinski definition) is 0. The lowest BCUT2D eigenvalue weighted by Crippen LogP contribution is -1.97. The molecule has 0 aliphatic rings. The largest absolute Gasteiger partial charge is 0.347 e. The van der Waals surface area contributed by atoms with E-state index in [1.54, 1.807) is 0 Å². The smallest absolute Gasteiger partial charge is 0.311 e. The normalized spacial score (nSPS) is 11.5. The van der Waals surface area contributed by atoms with Crippen molar-refractivity contribution in [3.05, 3.63) is 0 Å². The Morgan fingerprint density at radius 3 is 1.83 bits per heavy atom. The average molecular weight is 106 g/mol. The monoisotopic (exact) mass is 106 g/mol. The van der Waals surface area contributed by atoms with Crippen LogP contribution in [0, 0.1) is 0 Å². The fourth-order valence-electron chi connectivity index (χ4n) is 0. The van der Waals surface area contributed by atoms with Gasteiger partial charge in [0, 0.05) is 0 Å². The van der Waals surface area contributed by atoms with E-state index in [-0.39, 0.29) is 0 Å². The van der Waals surface area contributed by atoms with Gasteiger partial charge in [-0.2, -0.15) is 0 Å². The third kappa shape index (κ3) is 3.97. The van der Waals surface area contributed by atoms with Crippen LogP contribution in [0.4, 0.5) is 0 Å². The van der Waals surface area contributed by atoms with Crippen LogP contribution in [0.2, 0.25) is 0 Å². The fraction of sp³-hybridized carbons (Fsp3) is 1.00. The van der Waals surface area contributed by atoms with Crippen molar-refractivity contribution in [1.82, 2.24) is 0 Å². The van der Waals surface area contributed by atoms with Crippen LogP contribution in [-0.4, -0.2) is 22.7 Å². The summed E-state index contributed by atoms with van der Waals surface area (Å²) in [4.78, 5) is 0. The molecule has 0 unspecified atom stereocenters. The summed E-state index contributed by atoms with van der Waals surface area (Å²) < 4.78 is 22.7. The molecule has 0 aromatic heterocycles. The first kappa shape index (κ1) is 5.97. The highest BCUT2D eigenvalue weighted by Gasteiger charge is 1.90. The van der Waals surface area contributed by atoms with Crippen LogP contribution < -0.4 is 0 Å². The zero-order chi connectivity index (χ0) is 5.21. The molecule has 3 nitrogen and oxygen atoms in total. The average Bonchev–Trinajstić information content (AvgIpc) is 1.35. The first-order valence-electron chi connectivity index (χ1n) is 1.14. The molecule has 0 heterocycles. The maximum atomic E-state index is 9.65. The van der Waals surface area contributed by atoms with Gasteiger partial charge in [-0.3, -0.25) is 0 Å². The van der Waals surface area contributed by atoms with E-state index in [0.717, 1.165) is 6.26 Å². The highest BCUT2D eigenvalue weighted by atomic mass is 32.2. The summed E-state index contributed by atoms with van der Waals surface area (Å²) >= 11 is 0. The van der Waals surface area contributed by atoms with E-state index in [4.69, 9.17) is 0 Å². The van der Waals surface area contributed by atoms with Crippen molar-refractivity contribution >= 4 is 18.2 Å². The van der Waals surface area contributed by atoms with Gasteiger partial charge in [-0.15, -0.1) is 0 Å². The lowest BCUT2D eigenvalue weighted by molar-refractivity contribution is 0.515. The summed E-state index contributed by atoms with van der Waals surface area (Å²) in [6, 6.07) is 0. The third-order valence-electron chi connectivity index (χ3n) is 0.175. The van der Waals surface area contributed by atoms with E-state index >= 15 is 0 Å². The molecule has 0 aliphatic heterocycles.